The molecule has 0 aliphatic carbocycles. The molecule has 0 aliphatic rings. The molecule has 1 N–H and O–H groups in total. The minimum Gasteiger partial charge on any atom is -0.464 e. The van der Waals surface area contributed by atoms with E-state index in [1.165, 1.54) is 12.1 Å². The number of esters is 1. The van der Waals surface area contributed by atoms with Crippen molar-refractivity contribution in [3.05, 3.63) is 34.3 Å². The van der Waals surface area contributed by atoms with Crippen molar-refractivity contribution >= 4 is 17.6 Å². The topological polar surface area (TPSA) is 46.5 Å². The van der Waals surface area contributed by atoms with E-state index >= 15 is 0 Å². The molecule has 2 unspecified atom stereocenters. The first kappa shape index (κ1) is 13.9. The number of rotatable bonds is 4. The van der Waals surface area contributed by atoms with Crippen LogP contribution < -0.4 is 0 Å². The van der Waals surface area contributed by atoms with Crippen molar-refractivity contribution in [2.75, 3.05) is 6.61 Å². The van der Waals surface area contributed by atoms with Gasteiger partial charge in [0.1, 0.15) is 6.10 Å². The quantitative estimate of drug-likeness (QED) is 0.847. The molecular weight excluding hydrogens is 247 g/mol. The number of hydrogen-bond donors (Lipinski definition) is 1. The van der Waals surface area contributed by atoms with Crippen LogP contribution >= 0.6 is 11.6 Å². The van der Waals surface area contributed by atoms with Gasteiger partial charge >= 0.3 is 5.97 Å². The van der Waals surface area contributed by atoms with Gasteiger partial charge < -0.3 is 9.84 Å². The smallest absolute Gasteiger partial charge is 0.343 e. The minimum absolute atomic E-state index is 0.0701. The Bertz CT molecular complexity index is 409. The molecule has 0 bridgehead atoms. The van der Waals surface area contributed by atoms with Gasteiger partial charge in [-0.3, -0.25) is 0 Å². The SMILES string of the molecule is CCOC(=O)C(F)C(O)c1ccc(C)c(Cl)c1. The summed E-state index contributed by atoms with van der Waals surface area (Å²) in [6.45, 7) is 3.43. The first-order valence-electron chi connectivity index (χ1n) is 5.22. The Morgan fingerprint density at radius 1 is 1.59 bits per heavy atom. The number of benzene rings is 1. The highest BCUT2D eigenvalue weighted by Gasteiger charge is 2.29. The van der Waals surface area contributed by atoms with Gasteiger partial charge in [-0.05, 0) is 31.0 Å². The second kappa shape index (κ2) is 5.98. The van der Waals surface area contributed by atoms with Crippen LogP contribution in [0.25, 0.3) is 0 Å². The summed E-state index contributed by atoms with van der Waals surface area (Å²) in [5, 5.41) is 10.1. The molecule has 0 aromatic heterocycles. The third-order valence-corrected chi connectivity index (χ3v) is 2.73. The van der Waals surface area contributed by atoms with Gasteiger partial charge in [-0.15, -0.1) is 0 Å². The number of aryl methyl sites for hydroxylation is 1. The van der Waals surface area contributed by atoms with Gasteiger partial charge in [0.2, 0.25) is 6.17 Å². The van der Waals surface area contributed by atoms with Crippen molar-refractivity contribution in [3.8, 4) is 0 Å². The lowest BCUT2D eigenvalue weighted by atomic mass is 10.0. The normalized spacial score (nSPS) is 14.2. The highest BCUT2D eigenvalue weighted by Crippen LogP contribution is 2.25. The zero-order valence-corrected chi connectivity index (χ0v) is 10.4. The Hall–Kier alpha value is -1.13. The van der Waals surface area contributed by atoms with Crippen LogP contribution in [0.3, 0.4) is 0 Å². The fourth-order valence-corrected chi connectivity index (χ4v) is 1.50. The zero-order valence-electron chi connectivity index (χ0n) is 9.61. The van der Waals surface area contributed by atoms with Crippen molar-refractivity contribution < 1.29 is 19.0 Å². The predicted octanol–water partition coefficient (Wildman–Crippen LogP) is 2.58. The van der Waals surface area contributed by atoms with Crippen LogP contribution in [0.2, 0.25) is 5.02 Å². The van der Waals surface area contributed by atoms with Crippen LogP contribution in [0, 0.1) is 6.92 Å². The van der Waals surface area contributed by atoms with Crippen LogP contribution in [-0.4, -0.2) is 23.9 Å². The van der Waals surface area contributed by atoms with E-state index < -0.39 is 18.2 Å². The van der Waals surface area contributed by atoms with E-state index in [1.54, 1.807) is 19.9 Å². The molecule has 5 heteroatoms. The summed E-state index contributed by atoms with van der Waals surface area (Å²) < 4.78 is 18.0. The van der Waals surface area contributed by atoms with Crippen LogP contribution in [0.15, 0.2) is 18.2 Å². The standard InChI is InChI=1S/C12H14ClFO3/c1-3-17-12(16)10(14)11(15)8-5-4-7(2)9(13)6-8/h4-6,10-11,15H,3H2,1-2H3. The average Bonchev–Trinajstić information content (AvgIpc) is 2.31. The molecule has 1 aromatic carbocycles. The maximum atomic E-state index is 13.5. The monoisotopic (exact) mass is 260 g/mol. The van der Waals surface area contributed by atoms with E-state index in [4.69, 9.17) is 11.6 Å². The number of carbonyl (C=O) groups excluding carboxylic acids is 1. The molecule has 0 heterocycles. The summed E-state index contributed by atoms with van der Waals surface area (Å²) >= 11 is 5.85. The highest BCUT2D eigenvalue weighted by atomic mass is 35.5. The molecule has 0 aliphatic heterocycles. The van der Waals surface area contributed by atoms with E-state index in [2.05, 4.69) is 4.74 Å². The number of aliphatic hydroxyl groups excluding tert-OH is 1. The molecule has 0 saturated carbocycles. The molecule has 2 atom stereocenters. The van der Waals surface area contributed by atoms with Crippen LogP contribution in [0.1, 0.15) is 24.2 Å². The van der Waals surface area contributed by atoms with Gasteiger partial charge in [0.05, 0.1) is 6.61 Å². The van der Waals surface area contributed by atoms with Crippen molar-refractivity contribution in [3.63, 3.8) is 0 Å². The summed E-state index contributed by atoms with van der Waals surface area (Å²) in [6, 6.07) is 4.61. The lowest BCUT2D eigenvalue weighted by molar-refractivity contribution is -0.153. The lowest BCUT2D eigenvalue weighted by Gasteiger charge is -2.15. The molecule has 1 rings (SSSR count). The molecule has 0 saturated heterocycles. The van der Waals surface area contributed by atoms with Gasteiger partial charge in [-0.25, -0.2) is 9.18 Å². The number of ether oxygens (including phenoxy) is 1. The Morgan fingerprint density at radius 2 is 2.24 bits per heavy atom. The minimum atomic E-state index is -2.10. The van der Waals surface area contributed by atoms with Crippen molar-refractivity contribution in [2.24, 2.45) is 0 Å². The highest BCUT2D eigenvalue weighted by molar-refractivity contribution is 6.31. The predicted molar refractivity (Wildman–Crippen MR) is 62.7 cm³/mol. The Balaban J connectivity index is 2.84. The van der Waals surface area contributed by atoms with E-state index in [9.17, 15) is 14.3 Å². The largest absolute Gasteiger partial charge is 0.464 e. The molecule has 3 nitrogen and oxygen atoms in total. The summed E-state index contributed by atoms with van der Waals surface area (Å²) in [4.78, 5) is 11.1. The summed E-state index contributed by atoms with van der Waals surface area (Å²) in [7, 11) is 0. The van der Waals surface area contributed by atoms with Crippen molar-refractivity contribution in [2.45, 2.75) is 26.1 Å². The zero-order chi connectivity index (χ0) is 13.0. The molecule has 0 radical (unpaired) electrons. The first-order chi connectivity index (χ1) is 7.97. The molecular formula is C12H14ClFO3. The summed E-state index contributed by atoms with van der Waals surface area (Å²) in [5.74, 6) is -1.07. The third kappa shape index (κ3) is 3.41. The van der Waals surface area contributed by atoms with E-state index in [-0.39, 0.29) is 12.2 Å². The molecule has 94 valence electrons. The fraction of sp³-hybridized carbons (Fsp3) is 0.417. The Morgan fingerprint density at radius 3 is 2.76 bits per heavy atom. The fourth-order valence-electron chi connectivity index (χ4n) is 1.31. The maximum Gasteiger partial charge on any atom is 0.343 e. The van der Waals surface area contributed by atoms with E-state index in [0.29, 0.717) is 5.02 Å². The summed E-state index contributed by atoms with van der Waals surface area (Å²) in [5.41, 5.74) is 1.07. The second-order valence-corrected chi connectivity index (χ2v) is 4.01. The molecule has 0 amide bonds. The van der Waals surface area contributed by atoms with Gasteiger partial charge in [-0.1, -0.05) is 23.7 Å². The number of hydrogen-bond acceptors (Lipinski definition) is 3. The molecule has 1 aromatic rings. The number of halogens is 2. The van der Waals surface area contributed by atoms with E-state index in [1.807, 2.05) is 0 Å². The molecule has 0 spiro atoms. The third-order valence-electron chi connectivity index (χ3n) is 2.33. The average molecular weight is 261 g/mol. The molecule has 17 heavy (non-hydrogen) atoms. The Kier molecular flexibility index (Phi) is 4.90. The van der Waals surface area contributed by atoms with Crippen LogP contribution in [0.5, 0.6) is 0 Å². The maximum absolute atomic E-state index is 13.5. The van der Waals surface area contributed by atoms with Crippen LogP contribution in [-0.2, 0) is 9.53 Å². The van der Waals surface area contributed by atoms with Crippen LogP contribution in [0.4, 0.5) is 4.39 Å². The Labute approximate surface area is 104 Å². The number of carbonyl (C=O) groups is 1. The first-order valence-corrected chi connectivity index (χ1v) is 5.60. The van der Waals surface area contributed by atoms with Gasteiger partial charge in [0.15, 0.2) is 0 Å². The van der Waals surface area contributed by atoms with Gasteiger partial charge in [0, 0.05) is 5.02 Å². The number of aliphatic hydroxyl groups is 1. The van der Waals surface area contributed by atoms with Crippen molar-refractivity contribution in [1.29, 1.82) is 0 Å². The number of alkyl halides is 1. The second-order valence-electron chi connectivity index (χ2n) is 3.61. The van der Waals surface area contributed by atoms with Gasteiger partial charge in [-0.2, -0.15) is 0 Å². The van der Waals surface area contributed by atoms with Gasteiger partial charge in [0.25, 0.3) is 0 Å². The molecule has 0 fully saturated rings. The lowest BCUT2D eigenvalue weighted by Crippen LogP contribution is -2.26. The summed E-state index contributed by atoms with van der Waals surface area (Å²) in [6.07, 6.45) is -3.67. The van der Waals surface area contributed by atoms with E-state index in [0.717, 1.165) is 5.56 Å². The van der Waals surface area contributed by atoms with Crippen molar-refractivity contribution in [1.82, 2.24) is 0 Å².